The van der Waals surface area contributed by atoms with Crippen molar-refractivity contribution < 1.29 is 22.6 Å². The van der Waals surface area contributed by atoms with Gasteiger partial charge < -0.3 is 5.32 Å². The van der Waals surface area contributed by atoms with Gasteiger partial charge in [-0.25, -0.2) is 0 Å². The van der Waals surface area contributed by atoms with Crippen LogP contribution in [0.15, 0.2) is 18.2 Å². The molecule has 6 nitrogen and oxygen atoms in total. The van der Waals surface area contributed by atoms with Crippen molar-refractivity contribution in [1.29, 1.82) is 0 Å². The van der Waals surface area contributed by atoms with Crippen molar-refractivity contribution in [3.05, 3.63) is 34.3 Å². The van der Waals surface area contributed by atoms with Crippen LogP contribution < -0.4 is 5.32 Å². The van der Waals surface area contributed by atoms with Crippen molar-refractivity contribution in [3.8, 4) is 0 Å². The van der Waals surface area contributed by atoms with Gasteiger partial charge >= 0.3 is 0 Å². The van der Waals surface area contributed by atoms with E-state index >= 15 is 0 Å². The lowest BCUT2D eigenvalue weighted by molar-refractivity contribution is -0.120. The number of ketones is 1. The Bertz CT molecular complexity index is 757. The summed E-state index contributed by atoms with van der Waals surface area (Å²) in [5, 5.41) is 2.95. The fraction of sp³-hybridized carbons (Fsp3) is 0.556. The molecule has 0 radical (unpaired) electrons. The topological polar surface area (TPSA) is 101 Å². The zero-order valence-electron chi connectivity index (χ0n) is 14.5. The van der Waals surface area contributed by atoms with Crippen LogP contribution in [0.2, 0.25) is 5.02 Å². The van der Waals surface area contributed by atoms with Gasteiger partial charge in [-0.3, -0.25) is 14.1 Å². The molecule has 2 N–H and O–H groups in total. The van der Waals surface area contributed by atoms with Crippen LogP contribution in [0.25, 0.3) is 0 Å². The van der Waals surface area contributed by atoms with Crippen LogP contribution in [0.5, 0.6) is 0 Å². The number of benzene rings is 1. The van der Waals surface area contributed by atoms with Gasteiger partial charge in [-0.1, -0.05) is 43.0 Å². The first kappa shape index (κ1) is 20.9. The fourth-order valence-corrected chi connectivity index (χ4v) is 3.92. The zero-order valence-corrected chi connectivity index (χ0v) is 16.1. The maximum atomic E-state index is 12.2. The second kappa shape index (κ2) is 9.48. The number of carbonyl (C=O) groups is 2. The Morgan fingerprint density at radius 3 is 2.46 bits per heavy atom. The molecule has 0 atom stereocenters. The molecule has 0 aromatic heterocycles. The number of hydrogen-bond donors (Lipinski definition) is 2. The highest BCUT2D eigenvalue weighted by Gasteiger charge is 2.19. The van der Waals surface area contributed by atoms with Crippen molar-refractivity contribution in [1.82, 2.24) is 5.32 Å². The van der Waals surface area contributed by atoms with Gasteiger partial charge in [0.05, 0.1) is 5.75 Å². The van der Waals surface area contributed by atoms with Gasteiger partial charge in [0.25, 0.3) is 10.1 Å². The molecule has 1 fully saturated rings. The van der Waals surface area contributed by atoms with Crippen LogP contribution >= 0.6 is 11.6 Å². The SMILES string of the molecule is O=C(CCC(=O)c1ccc(C2CCCCC2)c(Cl)c1)NCCS(=O)(=O)O. The highest BCUT2D eigenvalue weighted by atomic mass is 35.5. The van der Waals surface area contributed by atoms with Gasteiger partial charge in [-0.2, -0.15) is 8.42 Å². The summed E-state index contributed by atoms with van der Waals surface area (Å²) >= 11 is 6.37. The second-order valence-electron chi connectivity index (χ2n) is 6.63. The zero-order chi connectivity index (χ0) is 19.2. The van der Waals surface area contributed by atoms with Crippen LogP contribution in [0.4, 0.5) is 0 Å². The molecule has 1 aliphatic rings. The van der Waals surface area contributed by atoms with E-state index in [0.29, 0.717) is 16.5 Å². The molecular weight excluding hydrogens is 378 g/mol. The minimum Gasteiger partial charge on any atom is -0.355 e. The van der Waals surface area contributed by atoms with E-state index in [1.807, 2.05) is 6.07 Å². The van der Waals surface area contributed by atoms with Crippen LogP contribution in [0, 0.1) is 0 Å². The van der Waals surface area contributed by atoms with Crippen molar-refractivity contribution in [3.63, 3.8) is 0 Å². The molecule has 1 saturated carbocycles. The number of nitrogens with one attached hydrogen (secondary N) is 1. The largest absolute Gasteiger partial charge is 0.355 e. The van der Waals surface area contributed by atoms with Gasteiger partial charge in [0, 0.05) is 30.0 Å². The highest BCUT2D eigenvalue weighted by Crippen LogP contribution is 2.36. The summed E-state index contributed by atoms with van der Waals surface area (Å²) in [6.07, 6.45) is 5.87. The van der Waals surface area contributed by atoms with Crippen LogP contribution in [-0.2, 0) is 14.9 Å². The maximum absolute atomic E-state index is 12.2. The molecule has 0 aliphatic heterocycles. The Hall–Kier alpha value is -1.44. The monoisotopic (exact) mass is 401 g/mol. The van der Waals surface area contributed by atoms with Gasteiger partial charge in [0.2, 0.25) is 5.91 Å². The smallest absolute Gasteiger partial charge is 0.266 e. The first-order valence-corrected chi connectivity index (χ1v) is 10.8. The Kier molecular flexibility index (Phi) is 7.61. The Morgan fingerprint density at radius 2 is 1.85 bits per heavy atom. The summed E-state index contributed by atoms with van der Waals surface area (Å²) in [6, 6.07) is 5.34. The predicted octanol–water partition coefficient (Wildman–Crippen LogP) is 3.35. The first-order chi connectivity index (χ1) is 12.3. The van der Waals surface area contributed by atoms with E-state index in [1.54, 1.807) is 12.1 Å². The molecule has 0 heterocycles. The maximum Gasteiger partial charge on any atom is 0.266 e. The average Bonchev–Trinajstić information content (AvgIpc) is 2.59. The van der Waals surface area contributed by atoms with Crippen molar-refractivity contribution in [2.75, 3.05) is 12.3 Å². The lowest BCUT2D eigenvalue weighted by Gasteiger charge is -2.23. The highest BCUT2D eigenvalue weighted by molar-refractivity contribution is 7.85. The third-order valence-corrected chi connectivity index (χ3v) is 5.68. The molecule has 1 aliphatic carbocycles. The molecule has 26 heavy (non-hydrogen) atoms. The first-order valence-electron chi connectivity index (χ1n) is 8.81. The predicted molar refractivity (Wildman–Crippen MR) is 100 cm³/mol. The summed E-state index contributed by atoms with van der Waals surface area (Å²) in [5.74, 6) is -0.724. The lowest BCUT2D eigenvalue weighted by atomic mass is 9.83. The third kappa shape index (κ3) is 6.70. The van der Waals surface area contributed by atoms with Gasteiger partial charge in [0.15, 0.2) is 5.78 Å². The molecule has 1 aromatic rings. The summed E-state index contributed by atoms with van der Waals surface area (Å²) < 4.78 is 29.7. The van der Waals surface area contributed by atoms with Gasteiger partial charge in [0.1, 0.15) is 0 Å². The van der Waals surface area contributed by atoms with Crippen LogP contribution in [-0.4, -0.2) is 37.0 Å². The Morgan fingerprint density at radius 1 is 1.15 bits per heavy atom. The van der Waals surface area contributed by atoms with Crippen molar-refractivity contribution >= 4 is 33.4 Å². The Balaban J connectivity index is 1.85. The quantitative estimate of drug-likeness (QED) is 0.513. The molecule has 0 saturated heterocycles. The summed E-state index contributed by atoms with van der Waals surface area (Å²) in [6.45, 7) is -0.187. The van der Waals surface area contributed by atoms with E-state index in [-0.39, 0.29) is 25.2 Å². The van der Waals surface area contributed by atoms with Gasteiger partial charge in [-0.05, 0) is 30.4 Å². The van der Waals surface area contributed by atoms with Crippen molar-refractivity contribution in [2.45, 2.75) is 50.9 Å². The van der Waals surface area contributed by atoms with E-state index in [1.165, 1.54) is 19.3 Å². The lowest BCUT2D eigenvalue weighted by Crippen LogP contribution is -2.29. The second-order valence-corrected chi connectivity index (χ2v) is 8.61. The number of amides is 1. The van der Waals surface area contributed by atoms with E-state index in [9.17, 15) is 18.0 Å². The minimum atomic E-state index is -4.11. The van der Waals surface area contributed by atoms with Gasteiger partial charge in [-0.15, -0.1) is 0 Å². The Labute approximate surface area is 159 Å². The van der Waals surface area contributed by atoms with E-state index < -0.39 is 21.8 Å². The number of halogens is 1. The minimum absolute atomic E-state index is 0.0107. The number of hydrogen-bond acceptors (Lipinski definition) is 4. The molecule has 0 spiro atoms. The normalized spacial score (nSPS) is 15.6. The van der Waals surface area contributed by atoms with Crippen LogP contribution in [0.3, 0.4) is 0 Å². The third-order valence-electron chi connectivity index (χ3n) is 4.63. The number of Topliss-reactive ketones (excluding diaryl/α,β-unsaturated/α-hetero) is 1. The molecule has 1 aromatic carbocycles. The summed E-state index contributed by atoms with van der Waals surface area (Å²) in [5.41, 5.74) is 1.56. The number of carbonyl (C=O) groups excluding carboxylic acids is 2. The molecule has 0 bridgehead atoms. The fourth-order valence-electron chi connectivity index (χ4n) is 3.22. The molecule has 8 heteroatoms. The standard InChI is InChI=1S/C18H24ClNO5S/c19-16-12-14(6-7-15(16)13-4-2-1-3-5-13)17(21)8-9-18(22)20-10-11-26(23,24)25/h6-7,12-13H,1-5,8-11H2,(H,20,22)(H,23,24,25). The van der Waals surface area contributed by atoms with E-state index in [4.69, 9.17) is 16.2 Å². The molecular formula is C18H24ClNO5S. The molecule has 1 amide bonds. The molecule has 2 rings (SSSR count). The van der Waals surface area contributed by atoms with Crippen molar-refractivity contribution in [2.24, 2.45) is 0 Å². The summed E-state index contributed by atoms with van der Waals surface area (Å²) in [7, 11) is -4.11. The van der Waals surface area contributed by atoms with E-state index in [0.717, 1.165) is 18.4 Å². The average molecular weight is 402 g/mol. The van der Waals surface area contributed by atoms with Crippen LogP contribution in [0.1, 0.15) is 66.8 Å². The van der Waals surface area contributed by atoms with E-state index in [2.05, 4.69) is 5.32 Å². The molecule has 144 valence electrons. The molecule has 0 unspecified atom stereocenters. The number of rotatable bonds is 8. The summed E-state index contributed by atoms with van der Waals surface area (Å²) in [4.78, 5) is 23.9.